The maximum atomic E-state index is 12.6. The summed E-state index contributed by atoms with van der Waals surface area (Å²) in [6, 6.07) is 6.64. The summed E-state index contributed by atoms with van der Waals surface area (Å²) >= 11 is 0. The lowest BCUT2D eigenvalue weighted by molar-refractivity contribution is -0.137. The molecule has 0 aliphatic rings. The molecule has 0 amide bonds. The predicted molar refractivity (Wildman–Crippen MR) is 74.0 cm³/mol. The van der Waals surface area contributed by atoms with Gasteiger partial charge in [0.05, 0.1) is 5.56 Å². The Hall–Kier alpha value is -2.50. The van der Waals surface area contributed by atoms with Gasteiger partial charge in [0.25, 0.3) is 5.56 Å². The van der Waals surface area contributed by atoms with Crippen LogP contribution in [-0.4, -0.2) is 9.55 Å². The summed E-state index contributed by atoms with van der Waals surface area (Å²) in [5, 5.41) is 0.692. The number of pyridine rings is 1. The van der Waals surface area contributed by atoms with Gasteiger partial charge < -0.3 is 9.55 Å². The van der Waals surface area contributed by atoms with Crippen molar-refractivity contribution >= 4 is 10.9 Å². The molecule has 1 aromatic carbocycles. The van der Waals surface area contributed by atoms with E-state index in [4.69, 9.17) is 0 Å². The van der Waals surface area contributed by atoms with Crippen LogP contribution in [-0.2, 0) is 13.2 Å². The smallest absolute Gasteiger partial charge is 0.357 e. The third-order valence-corrected chi connectivity index (χ3v) is 3.42. The summed E-state index contributed by atoms with van der Waals surface area (Å²) in [4.78, 5) is 14.8. The van der Waals surface area contributed by atoms with Crippen LogP contribution in [0.4, 0.5) is 13.2 Å². The Morgan fingerprint density at radius 2 is 1.76 bits per heavy atom. The van der Waals surface area contributed by atoms with Crippen molar-refractivity contribution in [3.63, 3.8) is 0 Å². The van der Waals surface area contributed by atoms with Crippen LogP contribution in [0, 0.1) is 0 Å². The second kappa shape index (κ2) is 4.51. The van der Waals surface area contributed by atoms with Gasteiger partial charge in [0.2, 0.25) is 0 Å². The molecule has 1 N–H and O–H groups in total. The molecule has 2 heterocycles. The Kier molecular flexibility index (Phi) is 2.90. The van der Waals surface area contributed by atoms with Crippen LogP contribution in [0.2, 0.25) is 0 Å². The number of aromatic nitrogens is 2. The lowest BCUT2D eigenvalue weighted by Crippen LogP contribution is -2.16. The molecule has 3 nitrogen and oxygen atoms in total. The van der Waals surface area contributed by atoms with Crippen LogP contribution in [0.15, 0.2) is 47.5 Å². The minimum Gasteiger partial charge on any atom is -0.357 e. The number of benzene rings is 1. The first-order valence-electron chi connectivity index (χ1n) is 6.22. The van der Waals surface area contributed by atoms with E-state index in [2.05, 4.69) is 4.98 Å². The zero-order valence-corrected chi connectivity index (χ0v) is 11.0. The van der Waals surface area contributed by atoms with Crippen LogP contribution in [0.3, 0.4) is 0 Å². The molecule has 0 saturated carbocycles. The normalized spacial score (nSPS) is 12.0. The first-order chi connectivity index (χ1) is 9.88. The number of aryl methyl sites for hydroxylation is 1. The van der Waals surface area contributed by atoms with Crippen molar-refractivity contribution in [3.8, 4) is 11.1 Å². The number of alkyl halides is 3. The van der Waals surface area contributed by atoms with Gasteiger partial charge in [-0.15, -0.1) is 0 Å². The molecule has 0 radical (unpaired) electrons. The second-order valence-electron chi connectivity index (χ2n) is 4.80. The number of aromatic amines is 1. The maximum Gasteiger partial charge on any atom is 0.416 e. The fourth-order valence-electron chi connectivity index (χ4n) is 2.34. The molecule has 2 aromatic heterocycles. The molecular weight excluding hydrogens is 281 g/mol. The van der Waals surface area contributed by atoms with Gasteiger partial charge in [-0.3, -0.25) is 4.79 Å². The van der Waals surface area contributed by atoms with Gasteiger partial charge in [-0.2, -0.15) is 13.2 Å². The number of fused-ring (bicyclic) bond motifs is 1. The Balaban J connectivity index is 2.19. The molecular formula is C15H11F3N2O. The SMILES string of the molecule is Cn1cc(-c2ccc(C(F)(F)F)cc2)c2cc[nH]c2c1=O. The predicted octanol–water partition coefficient (Wildman–Crippen LogP) is 3.55. The van der Waals surface area contributed by atoms with Crippen molar-refractivity contribution in [2.45, 2.75) is 6.18 Å². The van der Waals surface area contributed by atoms with E-state index in [1.54, 1.807) is 25.5 Å². The number of nitrogens with one attached hydrogen (secondary N) is 1. The fourth-order valence-corrected chi connectivity index (χ4v) is 2.34. The van der Waals surface area contributed by atoms with Crippen LogP contribution < -0.4 is 5.56 Å². The van der Waals surface area contributed by atoms with Gasteiger partial charge >= 0.3 is 6.18 Å². The third-order valence-electron chi connectivity index (χ3n) is 3.42. The van der Waals surface area contributed by atoms with Crippen LogP contribution >= 0.6 is 0 Å². The van der Waals surface area contributed by atoms with Crippen LogP contribution in [0.1, 0.15) is 5.56 Å². The third kappa shape index (κ3) is 2.22. The molecule has 0 aliphatic heterocycles. The van der Waals surface area contributed by atoms with E-state index >= 15 is 0 Å². The van der Waals surface area contributed by atoms with Crippen molar-refractivity contribution in [2.24, 2.45) is 7.05 Å². The van der Waals surface area contributed by atoms with Crippen molar-refractivity contribution in [2.75, 3.05) is 0 Å². The van der Waals surface area contributed by atoms with Crippen molar-refractivity contribution in [3.05, 3.63) is 58.6 Å². The number of H-pyrrole nitrogens is 1. The average Bonchev–Trinajstić information content (AvgIpc) is 2.92. The lowest BCUT2D eigenvalue weighted by atomic mass is 10.0. The molecule has 0 fully saturated rings. The zero-order chi connectivity index (χ0) is 15.2. The lowest BCUT2D eigenvalue weighted by Gasteiger charge is -2.09. The monoisotopic (exact) mass is 292 g/mol. The first-order valence-corrected chi connectivity index (χ1v) is 6.22. The summed E-state index contributed by atoms with van der Waals surface area (Å²) in [6.07, 6.45) is -1.09. The van der Waals surface area contributed by atoms with Crippen molar-refractivity contribution < 1.29 is 13.2 Å². The van der Waals surface area contributed by atoms with Gasteiger partial charge in [-0.05, 0) is 23.8 Å². The maximum absolute atomic E-state index is 12.6. The standard InChI is InChI=1S/C15H11F3N2O/c1-20-8-12(11-6-7-19-13(11)14(20)21)9-2-4-10(5-3-9)15(16,17)18/h2-8,19H,1H3. The molecule has 0 saturated heterocycles. The molecule has 3 rings (SSSR count). The summed E-state index contributed by atoms with van der Waals surface area (Å²) in [7, 11) is 1.61. The van der Waals surface area contributed by atoms with E-state index in [0.717, 1.165) is 12.1 Å². The van der Waals surface area contributed by atoms with Gasteiger partial charge in [-0.25, -0.2) is 0 Å². The molecule has 0 aliphatic carbocycles. The van der Waals surface area contributed by atoms with E-state index in [9.17, 15) is 18.0 Å². The highest BCUT2D eigenvalue weighted by atomic mass is 19.4. The molecule has 3 aromatic rings. The molecule has 108 valence electrons. The van der Waals surface area contributed by atoms with E-state index in [1.807, 2.05) is 0 Å². The van der Waals surface area contributed by atoms with Crippen LogP contribution in [0.5, 0.6) is 0 Å². The Morgan fingerprint density at radius 3 is 2.38 bits per heavy atom. The van der Waals surface area contributed by atoms with E-state index in [0.29, 0.717) is 22.0 Å². The molecule has 21 heavy (non-hydrogen) atoms. The Labute approximate surface area is 117 Å². The highest BCUT2D eigenvalue weighted by Gasteiger charge is 2.30. The highest BCUT2D eigenvalue weighted by Crippen LogP contribution is 2.32. The topological polar surface area (TPSA) is 37.8 Å². The fraction of sp³-hybridized carbons (Fsp3) is 0.133. The number of hydrogen-bond donors (Lipinski definition) is 1. The Morgan fingerprint density at radius 1 is 1.10 bits per heavy atom. The molecule has 0 spiro atoms. The summed E-state index contributed by atoms with van der Waals surface area (Å²) in [5.41, 5.74) is 0.909. The molecule has 6 heteroatoms. The van der Waals surface area contributed by atoms with E-state index < -0.39 is 11.7 Å². The minimum absolute atomic E-state index is 0.175. The Bertz CT molecular complexity index is 857. The van der Waals surface area contributed by atoms with Crippen LogP contribution in [0.25, 0.3) is 22.0 Å². The van der Waals surface area contributed by atoms with Gasteiger partial charge in [-0.1, -0.05) is 12.1 Å². The minimum atomic E-state index is -4.36. The highest BCUT2D eigenvalue weighted by molar-refractivity contribution is 5.94. The largest absolute Gasteiger partial charge is 0.416 e. The molecule has 0 bridgehead atoms. The number of hydrogen-bond acceptors (Lipinski definition) is 1. The van der Waals surface area contributed by atoms with Crippen molar-refractivity contribution in [1.82, 2.24) is 9.55 Å². The van der Waals surface area contributed by atoms with Gasteiger partial charge in [0, 0.05) is 30.4 Å². The van der Waals surface area contributed by atoms with Crippen molar-refractivity contribution in [1.29, 1.82) is 0 Å². The quantitative estimate of drug-likeness (QED) is 0.731. The summed E-state index contributed by atoms with van der Waals surface area (Å²) < 4.78 is 39.2. The zero-order valence-electron chi connectivity index (χ0n) is 11.0. The number of nitrogens with zero attached hydrogens (tertiary/aromatic N) is 1. The van der Waals surface area contributed by atoms with E-state index in [1.165, 1.54) is 16.7 Å². The second-order valence-corrected chi connectivity index (χ2v) is 4.80. The molecule has 0 atom stereocenters. The number of rotatable bonds is 1. The average molecular weight is 292 g/mol. The number of halogens is 3. The summed E-state index contributed by atoms with van der Waals surface area (Å²) in [6.45, 7) is 0. The first kappa shape index (κ1) is 13.5. The van der Waals surface area contributed by atoms with E-state index in [-0.39, 0.29) is 5.56 Å². The van der Waals surface area contributed by atoms with Gasteiger partial charge in [0.15, 0.2) is 0 Å². The molecule has 0 unspecified atom stereocenters. The summed E-state index contributed by atoms with van der Waals surface area (Å²) in [5.74, 6) is 0. The van der Waals surface area contributed by atoms with Gasteiger partial charge in [0.1, 0.15) is 5.52 Å².